The zero-order chi connectivity index (χ0) is 14.1. The Hall–Kier alpha value is -1.97. The molecule has 2 heterocycles. The third-order valence-electron chi connectivity index (χ3n) is 4.00. The van der Waals surface area contributed by atoms with Crippen molar-refractivity contribution in [3.05, 3.63) is 41.1 Å². The highest BCUT2D eigenvalue weighted by molar-refractivity contribution is 5.49. The van der Waals surface area contributed by atoms with Crippen molar-refractivity contribution < 1.29 is 4.74 Å². The van der Waals surface area contributed by atoms with Crippen LogP contribution in [0.25, 0.3) is 0 Å². The van der Waals surface area contributed by atoms with Crippen molar-refractivity contribution in [1.29, 1.82) is 0 Å². The summed E-state index contributed by atoms with van der Waals surface area (Å²) in [4.78, 5) is 0. The van der Waals surface area contributed by atoms with E-state index in [-0.39, 0.29) is 6.04 Å². The van der Waals surface area contributed by atoms with Gasteiger partial charge in [0, 0.05) is 17.7 Å². The first-order valence-corrected chi connectivity index (χ1v) is 7.19. The van der Waals surface area contributed by atoms with Crippen LogP contribution in [0, 0.1) is 6.92 Å². The summed E-state index contributed by atoms with van der Waals surface area (Å²) in [6.45, 7) is 5.25. The van der Waals surface area contributed by atoms with Crippen LogP contribution in [0.5, 0.6) is 5.75 Å². The monoisotopic (exact) mass is 271 g/mol. The molecule has 1 aromatic heterocycles. The zero-order valence-electron chi connectivity index (χ0n) is 12.3. The molecule has 1 aliphatic heterocycles. The number of hydrogen-bond donors (Lipinski definition) is 1. The van der Waals surface area contributed by atoms with Crippen molar-refractivity contribution >= 4 is 5.82 Å². The van der Waals surface area contributed by atoms with Gasteiger partial charge in [-0.2, -0.15) is 5.10 Å². The zero-order valence-corrected chi connectivity index (χ0v) is 12.3. The molecule has 1 N–H and O–H groups in total. The molecule has 20 heavy (non-hydrogen) atoms. The molecular formula is C16H21N3O. The van der Waals surface area contributed by atoms with E-state index < -0.39 is 0 Å². The Morgan fingerprint density at radius 2 is 2.30 bits per heavy atom. The Bertz CT molecular complexity index is 618. The van der Waals surface area contributed by atoms with E-state index in [1.165, 1.54) is 16.7 Å². The smallest absolute Gasteiger partial charge is 0.128 e. The van der Waals surface area contributed by atoms with Gasteiger partial charge in [0.2, 0.25) is 0 Å². The largest absolute Gasteiger partial charge is 0.496 e. The molecule has 106 valence electrons. The lowest BCUT2D eigenvalue weighted by Crippen LogP contribution is -2.25. The molecule has 1 unspecified atom stereocenters. The average Bonchev–Trinajstić information content (AvgIpc) is 2.90. The topological polar surface area (TPSA) is 39.1 Å². The minimum atomic E-state index is 0.251. The van der Waals surface area contributed by atoms with Crippen LogP contribution in [0.2, 0.25) is 0 Å². The molecule has 4 heteroatoms. The van der Waals surface area contributed by atoms with Gasteiger partial charge in [-0.3, -0.25) is 0 Å². The van der Waals surface area contributed by atoms with Crippen LogP contribution < -0.4 is 10.1 Å². The molecule has 1 aromatic carbocycles. The molecule has 0 saturated heterocycles. The number of benzene rings is 1. The van der Waals surface area contributed by atoms with Crippen LogP contribution in [0.1, 0.15) is 36.1 Å². The maximum Gasteiger partial charge on any atom is 0.128 e. The molecule has 0 amide bonds. The van der Waals surface area contributed by atoms with E-state index >= 15 is 0 Å². The highest BCUT2D eigenvalue weighted by Crippen LogP contribution is 2.36. The number of anilines is 1. The lowest BCUT2D eigenvalue weighted by Gasteiger charge is -2.28. The molecule has 1 atom stereocenters. The first-order chi connectivity index (χ1) is 9.74. The van der Waals surface area contributed by atoms with Crippen LogP contribution in [0.3, 0.4) is 0 Å². The van der Waals surface area contributed by atoms with Gasteiger partial charge >= 0.3 is 0 Å². The van der Waals surface area contributed by atoms with E-state index in [9.17, 15) is 0 Å². The van der Waals surface area contributed by atoms with Crippen LogP contribution in [0.4, 0.5) is 5.82 Å². The first-order valence-electron chi connectivity index (χ1n) is 7.19. The van der Waals surface area contributed by atoms with Crippen LogP contribution in [-0.2, 0) is 6.42 Å². The van der Waals surface area contributed by atoms with E-state index in [1.54, 1.807) is 7.11 Å². The summed E-state index contributed by atoms with van der Waals surface area (Å²) in [6, 6.07) is 6.61. The van der Waals surface area contributed by atoms with Crippen molar-refractivity contribution in [2.45, 2.75) is 32.7 Å². The molecule has 0 fully saturated rings. The summed E-state index contributed by atoms with van der Waals surface area (Å²) in [5.74, 6) is 2.11. The fraction of sp³-hybridized carbons (Fsp3) is 0.438. The Morgan fingerprint density at radius 3 is 3.05 bits per heavy atom. The van der Waals surface area contributed by atoms with Crippen molar-refractivity contribution in [3.8, 4) is 5.75 Å². The Kier molecular flexibility index (Phi) is 3.38. The van der Waals surface area contributed by atoms with Gasteiger partial charge < -0.3 is 10.1 Å². The van der Waals surface area contributed by atoms with Crippen molar-refractivity contribution in [1.82, 2.24) is 9.78 Å². The molecule has 1 aliphatic rings. The molecule has 3 rings (SSSR count). The molecule has 0 radical (unpaired) electrons. The number of fused-ring (bicyclic) bond motifs is 1. The summed E-state index contributed by atoms with van der Waals surface area (Å²) in [5, 5.41) is 8.06. The number of aryl methyl sites for hydroxylation is 2. The van der Waals surface area contributed by atoms with Crippen LogP contribution in [0.15, 0.2) is 24.4 Å². The van der Waals surface area contributed by atoms with Gasteiger partial charge in [-0.25, -0.2) is 4.68 Å². The number of nitrogens with zero attached hydrogens (tertiary/aromatic N) is 2. The molecule has 4 nitrogen and oxygen atoms in total. The second-order valence-corrected chi connectivity index (χ2v) is 5.29. The second kappa shape index (κ2) is 5.19. The number of methoxy groups -OCH3 is 1. The molecule has 0 saturated carbocycles. The molecule has 0 aliphatic carbocycles. The number of hydrogen-bond acceptors (Lipinski definition) is 3. The normalized spacial score (nSPS) is 17.4. The van der Waals surface area contributed by atoms with Gasteiger partial charge in [0.05, 0.1) is 19.3 Å². The minimum absolute atomic E-state index is 0.251. The predicted octanol–water partition coefficient (Wildman–Crippen LogP) is 3.17. The summed E-state index contributed by atoms with van der Waals surface area (Å²) >= 11 is 0. The van der Waals surface area contributed by atoms with Gasteiger partial charge in [-0.05, 0) is 25.8 Å². The lowest BCUT2D eigenvalue weighted by molar-refractivity contribution is 0.391. The van der Waals surface area contributed by atoms with E-state index in [1.807, 2.05) is 6.20 Å². The summed E-state index contributed by atoms with van der Waals surface area (Å²) in [7, 11) is 1.73. The summed E-state index contributed by atoms with van der Waals surface area (Å²) in [6.07, 6.45) is 4.00. The predicted molar refractivity (Wildman–Crippen MR) is 80.6 cm³/mol. The highest BCUT2D eigenvalue weighted by atomic mass is 16.5. The van der Waals surface area contributed by atoms with E-state index in [2.05, 4.69) is 47.1 Å². The summed E-state index contributed by atoms with van der Waals surface area (Å²) < 4.78 is 7.65. The third-order valence-corrected chi connectivity index (χ3v) is 4.00. The Morgan fingerprint density at radius 1 is 1.45 bits per heavy atom. The summed E-state index contributed by atoms with van der Waals surface area (Å²) in [5.41, 5.74) is 3.76. The van der Waals surface area contributed by atoms with E-state index in [0.29, 0.717) is 0 Å². The lowest BCUT2D eigenvalue weighted by atomic mass is 9.99. The number of ether oxygens (including phenoxy) is 1. The maximum atomic E-state index is 5.54. The van der Waals surface area contributed by atoms with Crippen molar-refractivity contribution in [3.63, 3.8) is 0 Å². The molecule has 2 aromatic rings. The second-order valence-electron chi connectivity index (χ2n) is 5.29. The fourth-order valence-corrected chi connectivity index (χ4v) is 2.94. The van der Waals surface area contributed by atoms with Crippen LogP contribution >= 0.6 is 0 Å². The SMILES string of the molecule is CCc1cnn2c1NCCC2c1cc(C)ccc1OC. The highest BCUT2D eigenvalue weighted by Gasteiger charge is 2.26. The van der Waals surface area contributed by atoms with E-state index in [0.717, 1.165) is 31.0 Å². The fourth-order valence-electron chi connectivity index (χ4n) is 2.94. The minimum Gasteiger partial charge on any atom is -0.496 e. The molecular weight excluding hydrogens is 250 g/mol. The number of nitrogens with one attached hydrogen (secondary N) is 1. The Labute approximate surface area is 119 Å². The Balaban J connectivity index is 2.09. The quantitative estimate of drug-likeness (QED) is 0.932. The van der Waals surface area contributed by atoms with Gasteiger partial charge in [0.25, 0.3) is 0 Å². The molecule has 0 bridgehead atoms. The molecule has 0 spiro atoms. The van der Waals surface area contributed by atoms with Crippen LogP contribution in [-0.4, -0.2) is 23.4 Å². The first kappa shape index (κ1) is 13.0. The van der Waals surface area contributed by atoms with Crippen molar-refractivity contribution in [2.75, 3.05) is 19.0 Å². The number of aromatic nitrogens is 2. The van der Waals surface area contributed by atoms with Gasteiger partial charge in [0.15, 0.2) is 0 Å². The number of rotatable bonds is 3. The van der Waals surface area contributed by atoms with Gasteiger partial charge in [-0.15, -0.1) is 0 Å². The van der Waals surface area contributed by atoms with Gasteiger partial charge in [0.1, 0.15) is 11.6 Å². The van der Waals surface area contributed by atoms with E-state index in [4.69, 9.17) is 4.74 Å². The maximum absolute atomic E-state index is 5.54. The van der Waals surface area contributed by atoms with Gasteiger partial charge in [-0.1, -0.05) is 24.6 Å². The average molecular weight is 271 g/mol. The third kappa shape index (κ3) is 2.05. The van der Waals surface area contributed by atoms with Crippen molar-refractivity contribution in [2.24, 2.45) is 0 Å². The standard InChI is InChI=1S/C16H21N3O/c1-4-12-10-18-19-14(7-8-17-16(12)19)13-9-11(2)5-6-15(13)20-3/h5-6,9-10,14,17H,4,7-8H2,1-3H3.